The molecule has 3 aromatic rings. The van der Waals surface area contributed by atoms with Gasteiger partial charge in [0.1, 0.15) is 22.4 Å². The maximum absolute atomic E-state index is 14.0. The molecule has 1 aliphatic heterocycles. The van der Waals surface area contributed by atoms with E-state index in [0.717, 1.165) is 33.9 Å². The van der Waals surface area contributed by atoms with Crippen molar-refractivity contribution in [1.82, 2.24) is 10.6 Å². The van der Waals surface area contributed by atoms with Crippen LogP contribution in [-0.4, -0.2) is 41.2 Å². The summed E-state index contributed by atoms with van der Waals surface area (Å²) in [6.07, 6.45) is -0.544. The maximum atomic E-state index is 14.0. The quantitative estimate of drug-likeness (QED) is 0.429. The van der Waals surface area contributed by atoms with Gasteiger partial charge in [0.15, 0.2) is 5.76 Å². The second-order valence-corrected chi connectivity index (χ2v) is 11.7. The molecule has 2 heterocycles. The summed E-state index contributed by atoms with van der Waals surface area (Å²) in [5.74, 6) is -1.48. The number of rotatable bonds is 5. The molecule has 0 bridgehead atoms. The van der Waals surface area contributed by atoms with Crippen LogP contribution in [0.15, 0.2) is 46.9 Å². The molecule has 2 aromatic carbocycles. The number of alkyl halides is 2. The fourth-order valence-electron chi connectivity index (χ4n) is 5.16. The molecule has 7 nitrogen and oxygen atoms in total. The lowest BCUT2D eigenvalue weighted by atomic mass is 9.78. The Labute approximate surface area is 228 Å². The van der Waals surface area contributed by atoms with Gasteiger partial charge in [-0.3, -0.25) is 9.59 Å². The highest BCUT2D eigenvalue weighted by Gasteiger charge is 2.53. The zero-order valence-corrected chi connectivity index (χ0v) is 22.0. The Morgan fingerprint density at radius 1 is 0.949 bits per heavy atom. The number of carbonyl (C=O) groups excluding carboxylic acids is 2. The lowest BCUT2D eigenvalue weighted by molar-refractivity contribution is -0.133. The number of fused-ring (bicyclic) bond motifs is 2. The number of furan rings is 1. The van der Waals surface area contributed by atoms with E-state index in [4.69, 9.17) is 9.15 Å². The SMILES string of the molecule is N#CC1(NC(=O)C2(NC(=O)c3cc4ccc(-c5ccc6c(c5)OCCSC6)cc4o3)CCC(F)(F)CC2)CC1. The fraction of sp³-hybridized carbons (Fsp3) is 0.414. The molecule has 2 saturated carbocycles. The predicted octanol–water partition coefficient (Wildman–Crippen LogP) is 5.58. The number of ether oxygens (including phenoxy) is 1. The smallest absolute Gasteiger partial charge is 0.287 e. The summed E-state index contributed by atoms with van der Waals surface area (Å²) >= 11 is 1.83. The third kappa shape index (κ3) is 5.08. The molecular formula is C29H27F2N3O4S. The summed E-state index contributed by atoms with van der Waals surface area (Å²) in [6, 6.07) is 15.4. The van der Waals surface area contributed by atoms with E-state index in [0.29, 0.717) is 30.4 Å². The first kappa shape index (κ1) is 25.7. The molecule has 0 radical (unpaired) electrons. The number of thioether (sulfide) groups is 1. The van der Waals surface area contributed by atoms with Crippen LogP contribution in [0.1, 0.15) is 54.6 Å². The van der Waals surface area contributed by atoms with Gasteiger partial charge in [0.2, 0.25) is 11.8 Å². The molecule has 2 amide bonds. The number of benzene rings is 2. The molecule has 2 aliphatic carbocycles. The second-order valence-electron chi connectivity index (χ2n) is 10.6. The molecule has 6 rings (SSSR count). The Balaban J connectivity index is 1.25. The minimum absolute atomic E-state index is 0.0182. The van der Waals surface area contributed by atoms with Crippen molar-refractivity contribution < 1.29 is 27.5 Å². The molecule has 202 valence electrons. The summed E-state index contributed by atoms with van der Waals surface area (Å²) < 4.78 is 39.8. The third-order valence-corrected chi connectivity index (χ3v) is 8.80. The van der Waals surface area contributed by atoms with E-state index in [1.54, 1.807) is 6.07 Å². The van der Waals surface area contributed by atoms with Gasteiger partial charge in [-0.15, -0.1) is 0 Å². The Morgan fingerprint density at radius 3 is 2.44 bits per heavy atom. The minimum atomic E-state index is -2.91. The molecular weight excluding hydrogens is 524 g/mol. The first-order chi connectivity index (χ1) is 18.7. The lowest BCUT2D eigenvalue weighted by Gasteiger charge is -2.39. The standard InChI is InChI=1S/C29H27F2N3O4S/c30-29(31)9-7-28(8-10-29,26(36)34-27(17-32)5-6-27)33-25(35)24-15-20-3-1-19(14-23(20)38-24)18-2-4-21-16-39-12-11-37-22(21)13-18/h1-4,13-15H,5-12,16H2,(H,33,35)(H,34,36). The summed E-state index contributed by atoms with van der Waals surface area (Å²) in [6.45, 7) is 0.658. The van der Waals surface area contributed by atoms with Crippen molar-refractivity contribution >= 4 is 34.5 Å². The number of amides is 2. The number of hydrogen-bond donors (Lipinski definition) is 2. The monoisotopic (exact) mass is 551 g/mol. The van der Waals surface area contributed by atoms with Crippen LogP contribution in [0.5, 0.6) is 5.75 Å². The Hall–Kier alpha value is -3.58. The van der Waals surface area contributed by atoms with E-state index in [1.807, 2.05) is 42.1 Å². The molecule has 10 heteroatoms. The zero-order valence-electron chi connectivity index (χ0n) is 21.1. The average molecular weight is 552 g/mol. The molecule has 2 N–H and O–H groups in total. The van der Waals surface area contributed by atoms with E-state index >= 15 is 0 Å². The van der Waals surface area contributed by atoms with Crippen LogP contribution in [-0.2, 0) is 10.5 Å². The van der Waals surface area contributed by atoms with Crippen LogP contribution < -0.4 is 15.4 Å². The molecule has 0 atom stereocenters. The molecule has 1 aromatic heterocycles. The van der Waals surface area contributed by atoms with Gasteiger partial charge in [-0.05, 0) is 55.0 Å². The third-order valence-electron chi connectivity index (χ3n) is 7.83. The number of carbonyl (C=O) groups is 2. The van der Waals surface area contributed by atoms with Crippen LogP contribution in [0.4, 0.5) is 8.78 Å². The zero-order chi connectivity index (χ0) is 27.3. The van der Waals surface area contributed by atoms with Gasteiger partial charge in [-0.1, -0.05) is 24.3 Å². The lowest BCUT2D eigenvalue weighted by Crippen LogP contribution is -2.62. The molecule has 3 aliphatic rings. The largest absolute Gasteiger partial charge is 0.492 e. The van der Waals surface area contributed by atoms with Crippen molar-refractivity contribution in [3.8, 4) is 22.9 Å². The van der Waals surface area contributed by atoms with Crippen LogP contribution in [0.2, 0.25) is 0 Å². The summed E-state index contributed by atoms with van der Waals surface area (Å²) in [5, 5.41) is 15.5. The molecule has 2 fully saturated rings. The Kier molecular flexibility index (Phi) is 6.29. The first-order valence-corrected chi connectivity index (χ1v) is 14.2. The average Bonchev–Trinajstić information content (AvgIpc) is 3.63. The predicted molar refractivity (Wildman–Crippen MR) is 143 cm³/mol. The number of nitriles is 1. The Bertz CT molecular complexity index is 1500. The van der Waals surface area contributed by atoms with Crippen LogP contribution in [0.3, 0.4) is 0 Å². The van der Waals surface area contributed by atoms with Crippen LogP contribution in [0.25, 0.3) is 22.1 Å². The van der Waals surface area contributed by atoms with Gasteiger partial charge in [0, 0.05) is 35.3 Å². The molecule has 0 saturated heterocycles. The van der Waals surface area contributed by atoms with Crippen molar-refractivity contribution in [3.63, 3.8) is 0 Å². The topological polar surface area (TPSA) is 104 Å². The number of hydrogen-bond acceptors (Lipinski definition) is 6. The number of halogens is 2. The molecule has 0 unspecified atom stereocenters. The summed E-state index contributed by atoms with van der Waals surface area (Å²) in [7, 11) is 0. The van der Waals surface area contributed by atoms with E-state index in [-0.39, 0.29) is 18.6 Å². The van der Waals surface area contributed by atoms with Crippen molar-refractivity contribution in [2.45, 2.75) is 61.3 Å². The van der Waals surface area contributed by atoms with E-state index in [1.165, 1.54) is 0 Å². The van der Waals surface area contributed by atoms with Crippen molar-refractivity contribution in [1.29, 1.82) is 5.26 Å². The van der Waals surface area contributed by atoms with Gasteiger partial charge in [0.25, 0.3) is 5.91 Å². The van der Waals surface area contributed by atoms with Gasteiger partial charge >= 0.3 is 0 Å². The number of nitrogens with zero attached hydrogens (tertiary/aromatic N) is 1. The van der Waals surface area contributed by atoms with Gasteiger partial charge in [-0.25, -0.2) is 8.78 Å². The van der Waals surface area contributed by atoms with Crippen molar-refractivity contribution in [2.75, 3.05) is 12.4 Å². The highest BCUT2D eigenvalue weighted by atomic mass is 32.2. The molecule has 39 heavy (non-hydrogen) atoms. The number of nitrogens with one attached hydrogen (secondary N) is 2. The summed E-state index contributed by atoms with van der Waals surface area (Å²) in [5.41, 5.74) is 0.956. The van der Waals surface area contributed by atoms with Crippen LogP contribution >= 0.6 is 11.8 Å². The van der Waals surface area contributed by atoms with Gasteiger partial charge < -0.3 is 19.8 Å². The van der Waals surface area contributed by atoms with E-state index in [2.05, 4.69) is 22.8 Å². The highest BCUT2D eigenvalue weighted by molar-refractivity contribution is 7.98. The summed E-state index contributed by atoms with van der Waals surface area (Å²) in [4.78, 5) is 26.5. The minimum Gasteiger partial charge on any atom is -0.492 e. The van der Waals surface area contributed by atoms with E-state index in [9.17, 15) is 23.6 Å². The van der Waals surface area contributed by atoms with Gasteiger partial charge in [0.05, 0.1) is 12.7 Å². The maximum Gasteiger partial charge on any atom is 0.287 e. The Morgan fingerprint density at radius 2 is 1.69 bits per heavy atom. The van der Waals surface area contributed by atoms with Gasteiger partial charge in [-0.2, -0.15) is 17.0 Å². The van der Waals surface area contributed by atoms with Crippen molar-refractivity contribution in [2.24, 2.45) is 0 Å². The highest BCUT2D eigenvalue weighted by Crippen LogP contribution is 2.41. The normalized spacial score (nSPS) is 20.5. The molecule has 0 spiro atoms. The van der Waals surface area contributed by atoms with Crippen molar-refractivity contribution in [3.05, 3.63) is 53.8 Å². The first-order valence-electron chi connectivity index (χ1n) is 13.0. The van der Waals surface area contributed by atoms with Crippen LogP contribution in [0, 0.1) is 11.3 Å². The fourth-order valence-corrected chi connectivity index (χ4v) is 5.96. The second kappa shape index (κ2) is 9.56. The van der Waals surface area contributed by atoms with E-state index < -0.39 is 41.7 Å².